The van der Waals surface area contributed by atoms with Gasteiger partial charge < -0.3 is 14.7 Å². The van der Waals surface area contributed by atoms with Crippen LogP contribution in [0.25, 0.3) is 22.2 Å². The molecule has 0 aliphatic carbocycles. The largest absolute Gasteiger partial charge is 0.394 e. The number of fused-ring (bicyclic) bond motifs is 1. The number of nitrogens with zero attached hydrogens (tertiary/aromatic N) is 5. The van der Waals surface area contributed by atoms with Gasteiger partial charge >= 0.3 is 0 Å². The normalized spacial score (nSPS) is 15.8. The Bertz CT molecular complexity index is 1040. The molecule has 0 bridgehead atoms. The molecule has 4 heterocycles. The van der Waals surface area contributed by atoms with E-state index in [-0.39, 0.29) is 18.2 Å². The molecule has 8 nitrogen and oxygen atoms in total. The third-order valence-electron chi connectivity index (χ3n) is 5.01. The predicted octanol–water partition coefficient (Wildman–Crippen LogP) is 1.55. The molecule has 3 aromatic rings. The van der Waals surface area contributed by atoms with Crippen LogP contribution in [-0.2, 0) is 4.74 Å². The fraction of sp³-hybridized carbons (Fsp3) is 0.400. The Kier molecular flexibility index (Phi) is 5.06. The van der Waals surface area contributed by atoms with Crippen LogP contribution in [0.4, 0.5) is 5.82 Å². The minimum absolute atomic E-state index is 0.136. The molecule has 8 heteroatoms. The SMILES string of the molecule is Cc1ccc(-c2cc3c(=O)n([C@@H](C)CO)cnc3c(N3CCOCC3)n2)cn1. The van der Waals surface area contributed by atoms with Crippen LogP contribution in [0.5, 0.6) is 0 Å². The molecular formula is C20H23N5O3. The summed E-state index contributed by atoms with van der Waals surface area (Å²) in [7, 11) is 0. The molecule has 0 spiro atoms. The van der Waals surface area contributed by atoms with Crippen LogP contribution < -0.4 is 10.5 Å². The van der Waals surface area contributed by atoms with E-state index < -0.39 is 0 Å². The number of aromatic nitrogens is 4. The predicted molar refractivity (Wildman–Crippen MR) is 107 cm³/mol. The van der Waals surface area contributed by atoms with Gasteiger partial charge in [-0.15, -0.1) is 0 Å². The molecule has 28 heavy (non-hydrogen) atoms. The van der Waals surface area contributed by atoms with E-state index in [9.17, 15) is 9.90 Å². The molecule has 0 radical (unpaired) electrons. The first kappa shape index (κ1) is 18.5. The Hall–Kier alpha value is -2.84. The van der Waals surface area contributed by atoms with Crippen molar-refractivity contribution in [1.82, 2.24) is 19.5 Å². The number of pyridine rings is 2. The molecule has 1 aliphatic rings. The summed E-state index contributed by atoms with van der Waals surface area (Å²) in [5.41, 5.74) is 2.81. The Labute approximate surface area is 162 Å². The maximum atomic E-state index is 13.1. The van der Waals surface area contributed by atoms with Crippen molar-refractivity contribution in [2.75, 3.05) is 37.8 Å². The molecule has 3 aromatic heterocycles. The summed E-state index contributed by atoms with van der Waals surface area (Å²) in [6, 6.07) is 5.28. The van der Waals surface area contributed by atoms with E-state index in [2.05, 4.69) is 14.9 Å². The van der Waals surface area contributed by atoms with Gasteiger partial charge in [-0.2, -0.15) is 0 Å². The Morgan fingerprint density at radius 3 is 2.71 bits per heavy atom. The van der Waals surface area contributed by atoms with E-state index in [0.717, 1.165) is 11.3 Å². The molecule has 0 amide bonds. The lowest BCUT2D eigenvalue weighted by atomic mass is 10.1. The summed E-state index contributed by atoms with van der Waals surface area (Å²) in [5, 5.41) is 9.95. The minimum Gasteiger partial charge on any atom is -0.394 e. The number of aliphatic hydroxyl groups excluding tert-OH is 1. The number of anilines is 1. The number of hydrogen-bond acceptors (Lipinski definition) is 7. The quantitative estimate of drug-likeness (QED) is 0.733. The van der Waals surface area contributed by atoms with Gasteiger partial charge in [-0.25, -0.2) is 9.97 Å². The van der Waals surface area contributed by atoms with Crippen LogP contribution in [0.15, 0.2) is 35.5 Å². The Morgan fingerprint density at radius 2 is 2.04 bits per heavy atom. The second kappa shape index (κ2) is 7.65. The highest BCUT2D eigenvalue weighted by Crippen LogP contribution is 2.28. The number of rotatable bonds is 4. The smallest absolute Gasteiger partial charge is 0.261 e. The zero-order valence-electron chi connectivity index (χ0n) is 16.0. The molecule has 0 aromatic carbocycles. The molecule has 1 fully saturated rings. The van der Waals surface area contributed by atoms with Gasteiger partial charge in [0.05, 0.1) is 43.3 Å². The Balaban J connectivity index is 1.95. The highest BCUT2D eigenvalue weighted by atomic mass is 16.5. The summed E-state index contributed by atoms with van der Waals surface area (Å²) >= 11 is 0. The number of ether oxygens (including phenoxy) is 1. The molecule has 4 rings (SSSR count). The van der Waals surface area contributed by atoms with Crippen LogP contribution in [0, 0.1) is 6.92 Å². The molecule has 0 saturated carbocycles. The second-order valence-electron chi connectivity index (χ2n) is 7.00. The summed E-state index contributed by atoms with van der Waals surface area (Å²) in [6.45, 7) is 6.17. The number of morpholine rings is 1. The van der Waals surface area contributed by atoms with Gasteiger partial charge in [-0.1, -0.05) is 0 Å². The van der Waals surface area contributed by atoms with Crippen molar-refractivity contribution in [3.05, 3.63) is 46.8 Å². The fourth-order valence-electron chi connectivity index (χ4n) is 3.29. The molecule has 146 valence electrons. The third kappa shape index (κ3) is 3.36. The van der Waals surface area contributed by atoms with Crippen LogP contribution in [-0.4, -0.2) is 57.5 Å². The summed E-state index contributed by atoms with van der Waals surface area (Å²) in [5.74, 6) is 0.678. The van der Waals surface area contributed by atoms with E-state index in [1.54, 1.807) is 19.2 Å². The maximum absolute atomic E-state index is 13.1. The molecule has 1 atom stereocenters. The van der Waals surface area contributed by atoms with E-state index in [1.165, 1.54) is 10.9 Å². The average molecular weight is 381 g/mol. The monoisotopic (exact) mass is 381 g/mol. The third-order valence-corrected chi connectivity index (χ3v) is 5.01. The Morgan fingerprint density at radius 1 is 1.25 bits per heavy atom. The lowest BCUT2D eigenvalue weighted by Crippen LogP contribution is -2.37. The maximum Gasteiger partial charge on any atom is 0.261 e. The fourth-order valence-corrected chi connectivity index (χ4v) is 3.29. The lowest BCUT2D eigenvalue weighted by molar-refractivity contribution is 0.122. The van der Waals surface area contributed by atoms with E-state index >= 15 is 0 Å². The van der Waals surface area contributed by atoms with Crippen LogP contribution in [0.2, 0.25) is 0 Å². The molecule has 1 aliphatic heterocycles. The van der Waals surface area contributed by atoms with Crippen molar-refractivity contribution in [3.63, 3.8) is 0 Å². The first-order valence-electron chi connectivity index (χ1n) is 9.37. The van der Waals surface area contributed by atoms with Crippen LogP contribution in [0.3, 0.4) is 0 Å². The molecule has 1 saturated heterocycles. The van der Waals surface area contributed by atoms with Gasteiger partial charge in [-0.3, -0.25) is 14.3 Å². The number of hydrogen-bond donors (Lipinski definition) is 1. The van der Waals surface area contributed by atoms with Gasteiger partial charge in [0.1, 0.15) is 5.52 Å². The zero-order chi connectivity index (χ0) is 19.7. The first-order chi connectivity index (χ1) is 13.6. The van der Waals surface area contributed by atoms with Gasteiger partial charge in [0, 0.05) is 30.5 Å². The van der Waals surface area contributed by atoms with E-state index in [4.69, 9.17) is 9.72 Å². The van der Waals surface area contributed by atoms with Crippen molar-refractivity contribution >= 4 is 16.7 Å². The number of aryl methyl sites for hydroxylation is 1. The van der Waals surface area contributed by atoms with E-state index in [1.807, 2.05) is 19.1 Å². The van der Waals surface area contributed by atoms with E-state index in [0.29, 0.717) is 48.7 Å². The van der Waals surface area contributed by atoms with Gasteiger partial charge in [0.2, 0.25) is 0 Å². The standard InChI is InChI=1S/C20H23N5O3/c1-13-3-4-15(10-21-13)17-9-16-18(19(23-17)24-5-7-28-8-6-24)22-12-25(20(16)27)14(2)11-26/h3-4,9-10,12,14,26H,5-8,11H2,1-2H3/t14-/m0/s1. The van der Waals surface area contributed by atoms with Gasteiger partial charge in [-0.05, 0) is 32.0 Å². The highest BCUT2D eigenvalue weighted by molar-refractivity contribution is 5.91. The lowest BCUT2D eigenvalue weighted by Gasteiger charge is -2.29. The summed E-state index contributed by atoms with van der Waals surface area (Å²) < 4.78 is 6.92. The van der Waals surface area contributed by atoms with Gasteiger partial charge in [0.15, 0.2) is 5.82 Å². The van der Waals surface area contributed by atoms with Gasteiger partial charge in [0.25, 0.3) is 5.56 Å². The van der Waals surface area contributed by atoms with Crippen LogP contribution >= 0.6 is 0 Å². The zero-order valence-corrected chi connectivity index (χ0v) is 16.0. The van der Waals surface area contributed by atoms with Crippen molar-refractivity contribution in [2.24, 2.45) is 0 Å². The van der Waals surface area contributed by atoms with Crippen molar-refractivity contribution in [3.8, 4) is 11.3 Å². The first-order valence-corrected chi connectivity index (χ1v) is 9.37. The molecule has 0 unspecified atom stereocenters. The number of aliphatic hydroxyl groups is 1. The highest BCUT2D eigenvalue weighted by Gasteiger charge is 2.21. The van der Waals surface area contributed by atoms with Crippen molar-refractivity contribution in [2.45, 2.75) is 19.9 Å². The van der Waals surface area contributed by atoms with Crippen molar-refractivity contribution in [1.29, 1.82) is 0 Å². The average Bonchev–Trinajstić information content (AvgIpc) is 2.74. The van der Waals surface area contributed by atoms with Crippen LogP contribution in [0.1, 0.15) is 18.7 Å². The molecular weight excluding hydrogens is 358 g/mol. The summed E-state index contributed by atoms with van der Waals surface area (Å²) in [4.78, 5) is 28.9. The molecule has 1 N–H and O–H groups in total. The minimum atomic E-state index is -0.353. The topological polar surface area (TPSA) is 93.4 Å². The van der Waals surface area contributed by atoms with Crippen molar-refractivity contribution < 1.29 is 9.84 Å². The summed E-state index contributed by atoms with van der Waals surface area (Å²) in [6.07, 6.45) is 3.25. The second-order valence-corrected chi connectivity index (χ2v) is 7.00.